The number of carbonyl (C=O) groups is 2. The molecule has 3 saturated carbocycles. The van der Waals surface area contributed by atoms with Gasteiger partial charge in [0.1, 0.15) is 17.3 Å². The number of nitrogens with zero attached hydrogens (tertiary/aromatic N) is 3. The maximum absolute atomic E-state index is 13.5. The van der Waals surface area contributed by atoms with Crippen LogP contribution in [0.5, 0.6) is 11.5 Å². The van der Waals surface area contributed by atoms with Crippen molar-refractivity contribution in [3.8, 4) is 11.5 Å². The van der Waals surface area contributed by atoms with Crippen molar-refractivity contribution in [1.82, 2.24) is 20.0 Å². The lowest BCUT2D eigenvalue weighted by Crippen LogP contribution is -2.84. The minimum absolute atomic E-state index is 0.000712. The number of hydrogen-bond acceptors (Lipinski definition) is 5. The van der Waals surface area contributed by atoms with Crippen LogP contribution < -0.4 is 14.8 Å². The maximum Gasteiger partial charge on any atom is 0.264 e. The molecule has 2 heterocycles. The third-order valence-electron chi connectivity index (χ3n) is 7.10. The number of halogens is 2. The fraction of sp³-hybridized carbons (Fsp3) is 0.522. The van der Waals surface area contributed by atoms with Crippen LogP contribution in [0.2, 0.25) is 5.02 Å². The number of aryl methyl sites for hydroxylation is 2. The van der Waals surface area contributed by atoms with Crippen molar-refractivity contribution in [1.29, 1.82) is 0 Å². The molecule has 1 aromatic carbocycles. The van der Waals surface area contributed by atoms with Gasteiger partial charge in [-0.3, -0.25) is 14.3 Å². The Morgan fingerprint density at radius 2 is 2.06 bits per heavy atom. The molecule has 1 unspecified atom stereocenters. The Kier molecular flexibility index (Phi) is 5.08. The summed E-state index contributed by atoms with van der Waals surface area (Å²) in [4.78, 5) is 27.3. The van der Waals surface area contributed by atoms with Crippen LogP contribution in [-0.2, 0) is 16.6 Å². The first-order chi connectivity index (χ1) is 15.6. The molecule has 0 spiro atoms. The zero-order chi connectivity index (χ0) is 23.5. The summed E-state index contributed by atoms with van der Waals surface area (Å²) in [6, 6.07) is 4.05. The lowest BCUT2D eigenvalue weighted by molar-refractivity contribution is -0.188. The van der Waals surface area contributed by atoms with Crippen LogP contribution in [-0.4, -0.2) is 56.8 Å². The number of amides is 2. The molecule has 176 valence electrons. The number of rotatable bonds is 7. The second kappa shape index (κ2) is 7.62. The van der Waals surface area contributed by atoms with Gasteiger partial charge in [-0.25, -0.2) is 4.39 Å². The van der Waals surface area contributed by atoms with Crippen LogP contribution in [0.15, 0.2) is 18.2 Å². The number of likely N-dealkylation sites (tertiary alicyclic amines) is 1. The van der Waals surface area contributed by atoms with Gasteiger partial charge in [-0.2, -0.15) is 5.10 Å². The van der Waals surface area contributed by atoms with Gasteiger partial charge in [-0.05, 0) is 45.2 Å². The van der Waals surface area contributed by atoms with E-state index in [-0.39, 0.29) is 40.3 Å². The van der Waals surface area contributed by atoms with E-state index in [2.05, 4.69) is 10.4 Å². The number of ether oxygens (including phenoxy) is 2. The first kappa shape index (κ1) is 22.0. The van der Waals surface area contributed by atoms with E-state index in [1.165, 1.54) is 12.1 Å². The third-order valence-corrected chi connectivity index (χ3v) is 7.41. The lowest BCUT2D eigenvalue weighted by Gasteiger charge is -2.73. The van der Waals surface area contributed by atoms with Gasteiger partial charge < -0.3 is 19.7 Å². The molecular weight excluding hydrogens is 451 g/mol. The van der Waals surface area contributed by atoms with Crippen LogP contribution in [0, 0.1) is 19.7 Å². The molecule has 6 rings (SSSR count). The van der Waals surface area contributed by atoms with E-state index in [4.69, 9.17) is 21.1 Å². The number of aromatic nitrogens is 2. The highest BCUT2D eigenvalue weighted by molar-refractivity contribution is 6.30. The van der Waals surface area contributed by atoms with Crippen LogP contribution in [0.3, 0.4) is 0 Å². The van der Waals surface area contributed by atoms with E-state index in [9.17, 15) is 14.0 Å². The molecule has 10 heteroatoms. The highest BCUT2D eigenvalue weighted by Crippen LogP contribution is 2.64. The van der Waals surface area contributed by atoms with E-state index >= 15 is 0 Å². The van der Waals surface area contributed by atoms with Crippen LogP contribution in [0.1, 0.15) is 37.1 Å². The molecule has 4 aliphatic rings. The summed E-state index contributed by atoms with van der Waals surface area (Å²) in [5.74, 6) is 0.0661. The van der Waals surface area contributed by atoms with Crippen molar-refractivity contribution >= 4 is 23.4 Å². The molecule has 1 saturated heterocycles. The minimum atomic E-state index is -0.595. The van der Waals surface area contributed by atoms with Crippen LogP contribution in [0.4, 0.5) is 4.39 Å². The SMILES string of the molecule is Cc1nn(C)c(C)c1OC1CCN(C23CC(NC(=O)COc4ccc(Cl)c(F)c4)(C2)C3)C1=O. The fourth-order valence-electron chi connectivity index (χ4n) is 5.50. The first-order valence-corrected chi connectivity index (χ1v) is 11.4. The molecule has 2 bridgehead atoms. The van der Waals surface area contributed by atoms with Gasteiger partial charge in [-0.15, -0.1) is 0 Å². The van der Waals surface area contributed by atoms with Gasteiger partial charge in [0, 0.05) is 37.2 Å². The van der Waals surface area contributed by atoms with E-state index in [1.807, 2.05) is 25.8 Å². The molecule has 1 aromatic heterocycles. The van der Waals surface area contributed by atoms with Gasteiger partial charge in [0.25, 0.3) is 11.8 Å². The Hall–Kier alpha value is -2.81. The molecule has 1 atom stereocenters. The number of carbonyl (C=O) groups excluding carboxylic acids is 2. The zero-order valence-electron chi connectivity index (χ0n) is 18.8. The summed E-state index contributed by atoms with van der Waals surface area (Å²) in [6.45, 7) is 4.24. The van der Waals surface area contributed by atoms with Gasteiger partial charge in [0.2, 0.25) is 0 Å². The molecule has 3 aliphatic carbocycles. The largest absolute Gasteiger partial charge is 0.484 e. The highest BCUT2D eigenvalue weighted by Gasteiger charge is 2.72. The molecule has 1 aliphatic heterocycles. The maximum atomic E-state index is 13.5. The Morgan fingerprint density at radius 3 is 2.70 bits per heavy atom. The summed E-state index contributed by atoms with van der Waals surface area (Å²) in [6.07, 6.45) is 2.32. The van der Waals surface area contributed by atoms with Gasteiger partial charge in [-0.1, -0.05) is 11.6 Å². The number of nitrogens with one attached hydrogen (secondary N) is 1. The second-order valence-electron chi connectivity index (χ2n) is 9.46. The average Bonchev–Trinajstić information content (AvgIpc) is 3.18. The summed E-state index contributed by atoms with van der Waals surface area (Å²) < 4.78 is 26.7. The predicted octanol–water partition coefficient (Wildman–Crippen LogP) is 2.68. The third kappa shape index (κ3) is 3.62. The normalized spacial score (nSPS) is 27.7. The molecule has 4 fully saturated rings. The van der Waals surface area contributed by atoms with E-state index in [0.29, 0.717) is 18.7 Å². The monoisotopic (exact) mass is 476 g/mol. The Morgan fingerprint density at radius 1 is 1.33 bits per heavy atom. The summed E-state index contributed by atoms with van der Waals surface area (Å²) >= 11 is 5.65. The van der Waals surface area contributed by atoms with Crippen LogP contribution in [0.25, 0.3) is 0 Å². The molecule has 1 N–H and O–H groups in total. The van der Waals surface area contributed by atoms with E-state index < -0.39 is 11.9 Å². The second-order valence-corrected chi connectivity index (χ2v) is 9.86. The zero-order valence-corrected chi connectivity index (χ0v) is 19.5. The molecule has 2 amide bonds. The van der Waals surface area contributed by atoms with E-state index in [0.717, 1.165) is 36.7 Å². The van der Waals surface area contributed by atoms with Gasteiger partial charge in [0.05, 0.1) is 10.7 Å². The standard InChI is InChI=1S/C23H26ClFN4O4/c1-13-20(14(2)28(3)27-13)33-18-6-7-29(21(18)31)23-10-22(11-23,12-23)26-19(30)9-32-15-4-5-16(24)17(25)8-15/h4-5,8,18H,6-7,9-12H2,1-3H3,(H,26,30). The Balaban J connectivity index is 1.12. The topological polar surface area (TPSA) is 85.7 Å². The van der Waals surface area contributed by atoms with Crippen LogP contribution >= 0.6 is 11.6 Å². The quantitative estimate of drug-likeness (QED) is 0.664. The Labute approximate surface area is 196 Å². The molecule has 0 radical (unpaired) electrons. The smallest absolute Gasteiger partial charge is 0.264 e. The van der Waals surface area contributed by atoms with Crippen molar-refractivity contribution in [3.63, 3.8) is 0 Å². The van der Waals surface area contributed by atoms with Crippen molar-refractivity contribution in [3.05, 3.63) is 40.4 Å². The summed E-state index contributed by atoms with van der Waals surface area (Å²) in [5, 5.41) is 7.38. The predicted molar refractivity (Wildman–Crippen MR) is 118 cm³/mol. The molecular formula is C23H26ClFN4O4. The van der Waals surface area contributed by atoms with Gasteiger partial charge in [0.15, 0.2) is 18.5 Å². The Bertz CT molecular complexity index is 1130. The van der Waals surface area contributed by atoms with Crippen molar-refractivity contribution in [2.45, 2.75) is 56.7 Å². The fourth-order valence-corrected chi connectivity index (χ4v) is 5.62. The molecule has 33 heavy (non-hydrogen) atoms. The van der Waals surface area contributed by atoms with E-state index in [1.54, 1.807) is 4.68 Å². The summed E-state index contributed by atoms with van der Waals surface area (Å²) in [7, 11) is 1.85. The van der Waals surface area contributed by atoms with Crippen molar-refractivity contribution in [2.75, 3.05) is 13.2 Å². The molecule has 2 aromatic rings. The number of hydrogen-bond donors (Lipinski definition) is 1. The number of benzene rings is 1. The first-order valence-electron chi connectivity index (χ1n) is 11.0. The lowest BCUT2D eigenvalue weighted by atomic mass is 9.43. The molecule has 8 nitrogen and oxygen atoms in total. The van der Waals surface area contributed by atoms with Gasteiger partial charge >= 0.3 is 0 Å². The summed E-state index contributed by atoms with van der Waals surface area (Å²) in [5.41, 5.74) is 1.19. The highest BCUT2D eigenvalue weighted by atomic mass is 35.5. The minimum Gasteiger partial charge on any atom is -0.484 e. The van der Waals surface area contributed by atoms with Crippen molar-refractivity contribution in [2.24, 2.45) is 7.05 Å². The average molecular weight is 477 g/mol. The van der Waals surface area contributed by atoms with Crippen molar-refractivity contribution < 1.29 is 23.5 Å².